The lowest BCUT2D eigenvalue weighted by atomic mass is 10.0. The molecule has 0 N–H and O–H groups in total. The van der Waals surface area contributed by atoms with Gasteiger partial charge in [-0.05, 0) is 49.6 Å². The summed E-state index contributed by atoms with van der Waals surface area (Å²) in [6.45, 7) is 3.30. The molecular weight excluding hydrogens is 298 g/mol. The number of anilines is 1. The minimum atomic E-state index is 0.524. The second-order valence-electron chi connectivity index (χ2n) is 5.24. The van der Waals surface area contributed by atoms with Crippen LogP contribution >= 0.6 is 15.9 Å². The molecule has 0 amide bonds. The molecule has 1 atom stereocenters. The molecule has 1 fully saturated rings. The molecule has 0 aliphatic carbocycles. The lowest BCUT2D eigenvalue weighted by molar-refractivity contribution is 0.719. The van der Waals surface area contributed by atoms with Crippen LogP contribution in [0.4, 0.5) is 5.69 Å². The Morgan fingerprint density at radius 2 is 1.68 bits per heavy atom. The maximum Gasteiger partial charge on any atom is 0.0543 e. The van der Waals surface area contributed by atoms with Crippen molar-refractivity contribution in [2.75, 3.05) is 11.4 Å². The zero-order valence-electron chi connectivity index (χ0n) is 11.1. The Morgan fingerprint density at radius 1 is 1.00 bits per heavy atom. The van der Waals surface area contributed by atoms with Crippen molar-refractivity contribution >= 4 is 21.6 Å². The minimum absolute atomic E-state index is 0.524. The van der Waals surface area contributed by atoms with Gasteiger partial charge >= 0.3 is 0 Å². The number of aryl methyl sites for hydroxylation is 1. The van der Waals surface area contributed by atoms with Crippen molar-refractivity contribution in [1.82, 2.24) is 0 Å². The van der Waals surface area contributed by atoms with Gasteiger partial charge in [0.05, 0.1) is 6.04 Å². The van der Waals surface area contributed by atoms with Crippen molar-refractivity contribution in [3.05, 3.63) is 64.1 Å². The van der Waals surface area contributed by atoms with Crippen molar-refractivity contribution in [2.45, 2.75) is 25.8 Å². The summed E-state index contributed by atoms with van der Waals surface area (Å²) in [6, 6.07) is 18.2. The Balaban J connectivity index is 1.89. The highest BCUT2D eigenvalue weighted by atomic mass is 79.9. The standard InChI is InChI=1S/C17H18BrN/c1-13-4-10-16(11-5-13)19-12-2-3-17(19)14-6-8-15(18)9-7-14/h4-11,17H,2-3,12H2,1H3. The van der Waals surface area contributed by atoms with Gasteiger partial charge in [0.25, 0.3) is 0 Å². The lowest BCUT2D eigenvalue weighted by Crippen LogP contribution is -2.22. The van der Waals surface area contributed by atoms with Crippen molar-refractivity contribution in [3.63, 3.8) is 0 Å². The third kappa shape index (κ3) is 2.69. The van der Waals surface area contributed by atoms with Crippen molar-refractivity contribution in [3.8, 4) is 0 Å². The average Bonchev–Trinajstić information content (AvgIpc) is 2.90. The Bertz CT molecular complexity index is 493. The van der Waals surface area contributed by atoms with E-state index in [4.69, 9.17) is 0 Å². The first-order chi connectivity index (χ1) is 9.24. The predicted octanol–water partition coefficient (Wildman–Crippen LogP) is 5.10. The first-order valence-electron chi connectivity index (χ1n) is 6.83. The van der Waals surface area contributed by atoms with Gasteiger partial charge in [-0.1, -0.05) is 45.8 Å². The SMILES string of the molecule is Cc1ccc(N2CCCC2c2ccc(Br)cc2)cc1. The zero-order chi connectivity index (χ0) is 13.2. The van der Waals surface area contributed by atoms with Gasteiger partial charge in [0.2, 0.25) is 0 Å². The van der Waals surface area contributed by atoms with Crippen molar-refractivity contribution < 1.29 is 0 Å². The van der Waals surface area contributed by atoms with Crippen LogP contribution in [0.1, 0.15) is 30.0 Å². The van der Waals surface area contributed by atoms with E-state index in [0.29, 0.717) is 6.04 Å². The second-order valence-corrected chi connectivity index (χ2v) is 6.15. The maximum absolute atomic E-state index is 3.51. The monoisotopic (exact) mass is 315 g/mol. The molecule has 0 spiro atoms. The van der Waals surface area contributed by atoms with Crippen LogP contribution in [0.2, 0.25) is 0 Å². The van der Waals surface area contributed by atoms with E-state index in [1.54, 1.807) is 0 Å². The highest BCUT2D eigenvalue weighted by molar-refractivity contribution is 9.10. The van der Waals surface area contributed by atoms with Crippen LogP contribution in [0.5, 0.6) is 0 Å². The zero-order valence-corrected chi connectivity index (χ0v) is 12.7. The Morgan fingerprint density at radius 3 is 2.37 bits per heavy atom. The van der Waals surface area contributed by atoms with Crippen LogP contribution in [0.3, 0.4) is 0 Å². The largest absolute Gasteiger partial charge is 0.364 e. The van der Waals surface area contributed by atoms with Gasteiger partial charge in [-0.2, -0.15) is 0 Å². The maximum atomic E-state index is 3.51. The predicted molar refractivity (Wildman–Crippen MR) is 84.6 cm³/mol. The van der Waals surface area contributed by atoms with Crippen LogP contribution in [-0.4, -0.2) is 6.54 Å². The van der Waals surface area contributed by atoms with Gasteiger partial charge in [-0.15, -0.1) is 0 Å². The number of benzene rings is 2. The van der Waals surface area contributed by atoms with Crippen LogP contribution in [0.25, 0.3) is 0 Å². The molecule has 2 aromatic rings. The molecule has 2 heteroatoms. The van der Waals surface area contributed by atoms with Crippen LogP contribution in [0, 0.1) is 6.92 Å². The van der Waals surface area contributed by atoms with E-state index in [9.17, 15) is 0 Å². The minimum Gasteiger partial charge on any atom is -0.364 e. The molecule has 1 nitrogen and oxygen atoms in total. The molecule has 98 valence electrons. The fourth-order valence-electron chi connectivity index (χ4n) is 2.84. The number of halogens is 1. The van der Waals surface area contributed by atoms with E-state index in [0.717, 1.165) is 11.0 Å². The van der Waals surface area contributed by atoms with E-state index in [-0.39, 0.29) is 0 Å². The second kappa shape index (κ2) is 5.38. The smallest absolute Gasteiger partial charge is 0.0543 e. The van der Waals surface area contributed by atoms with Crippen molar-refractivity contribution in [1.29, 1.82) is 0 Å². The molecule has 0 aromatic heterocycles. The van der Waals surface area contributed by atoms with Crippen LogP contribution in [0.15, 0.2) is 53.0 Å². The van der Waals surface area contributed by atoms with E-state index in [1.807, 2.05) is 0 Å². The van der Waals surface area contributed by atoms with E-state index < -0.39 is 0 Å². The molecule has 3 rings (SSSR count). The van der Waals surface area contributed by atoms with Gasteiger partial charge in [-0.25, -0.2) is 0 Å². The number of rotatable bonds is 2. The summed E-state index contributed by atoms with van der Waals surface area (Å²) >= 11 is 3.51. The molecule has 0 radical (unpaired) electrons. The number of nitrogens with zero attached hydrogens (tertiary/aromatic N) is 1. The molecular formula is C17H18BrN. The van der Waals surface area contributed by atoms with Gasteiger partial charge in [0.1, 0.15) is 0 Å². The number of hydrogen-bond donors (Lipinski definition) is 0. The summed E-state index contributed by atoms with van der Waals surface area (Å²) in [5, 5.41) is 0. The van der Waals surface area contributed by atoms with E-state index in [2.05, 4.69) is 76.3 Å². The van der Waals surface area contributed by atoms with Gasteiger partial charge < -0.3 is 4.90 Å². The molecule has 1 unspecified atom stereocenters. The summed E-state index contributed by atoms with van der Waals surface area (Å²) in [6.07, 6.45) is 2.52. The van der Waals surface area contributed by atoms with Gasteiger partial charge in [0, 0.05) is 16.7 Å². The summed E-state index contributed by atoms with van der Waals surface area (Å²) in [5.74, 6) is 0. The highest BCUT2D eigenvalue weighted by Gasteiger charge is 2.25. The summed E-state index contributed by atoms with van der Waals surface area (Å²) < 4.78 is 1.15. The van der Waals surface area contributed by atoms with Crippen molar-refractivity contribution in [2.24, 2.45) is 0 Å². The third-order valence-corrected chi connectivity index (χ3v) is 4.40. The summed E-state index contributed by atoms with van der Waals surface area (Å²) in [4.78, 5) is 2.53. The molecule has 1 aliphatic rings. The Labute approximate surface area is 123 Å². The van der Waals surface area contributed by atoms with E-state index >= 15 is 0 Å². The topological polar surface area (TPSA) is 3.24 Å². The normalized spacial score (nSPS) is 18.8. The Hall–Kier alpha value is -1.28. The van der Waals surface area contributed by atoms with Gasteiger partial charge in [-0.3, -0.25) is 0 Å². The van der Waals surface area contributed by atoms with Crippen LogP contribution in [-0.2, 0) is 0 Å². The van der Waals surface area contributed by atoms with E-state index in [1.165, 1.54) is 29.7 Å². The highest BCUT2D eigenvalue weighted by Crippen LogP contribution is 2.36. The lowest BCUT2D eigenvalue weighted by Gasteiger charge is -2.27. The molecule has 2 aromatic carbocycles. The summed E-state index contributed by atoms with van der Waals surface area (Å²) in [7, 11) is 0. The first kappa shape index (κ1) is 12.7. The van der Waals surface area contributed by atoms with Crippen LogP contribution < -0.4 is 4.90 Å². The fourth-order valence-corrected chi connectivity index (χ4v) is 3.11. The number of hydrogen-bond acceptors (Lipinski definition) is 1. The Kier molecular flexibility index (Phi) is 3.61. The summed E-state index contributed by atoms with van der Waals surface area (Å²) in [5.41, 5.74) is 4.08. The average molecular weight is 316 g/mol. The molecule has 1 heterocycles. The molecule has 0 saturated carbocycles. The third-order valence-electron chi connectivity index (χ3n) is 3.87. The first-order valence-corrected chi connectivity index (χ1v) is 7.62. The molecule has 19 heavy (non-hydrogen) atoms. The van der Waals surface area contributed by atoms with Gasteiger partial charge in [0.15, 0.2) is 0 Å². The molecule has 1 saturated heterocycles. The quantitative estimate of drug-likeness (QED) is 0.745. The fraction of sp³-hybridized carbons (Fsp3) is 0.294. The molecule has 0 bridgehead atoms. The molecule has 1 aliphatic heterocycles.